The summed E-state index contributed by atoms with van der Waals surface area (Å²) in [6.07, 6.45) is -0.993. The number of hydrogen-bond donors (Lipinski definition) is 2. The van der Waals surface area contributed by atoms with Crippen molar-refractivity contribution in [3.8, 4) is 0 Å². The lowest BCUT2D eigenvalue weighted by Gasteiger charge is -2.16. The van der Waals surface area contributed by atoms with Crippen molar-refractivity contribution < 1.29 is 18.7 Å². The smallest absolute Gasteiger partial charge is 0.107 e. The van der Waals surface area contributed by atoms with Crippen LogP contribution in [0.1, 0.15) is 11.7 Å². The molecule has 0 aliphatic heterocycles. The molecule has 3 N–H and O–H groups in total. The van der Waals surface area contributed by atoms with Gasteiger partial charge in [0.05, 0.1) is 31.3 Å². The molecule has 0 unspecified atom stereocenters. The summed E-state index contributed by atoms with van der Waals surface area (Å²) >= 11 is 1.05. The average molecular weight is 247 g/mol. The number of benzene rings is 1. The van der Waals surface area contributed by atoms with Gasteiger partial charge in [-0.25, -0.2) is 9.28 Å². The molecule has 0 aromatic heterocycles. The second-order valence-corrected chi connectivity index (χ2v) is 3.92. The van der Waals surface area contributed by atoms with Crippen molar-refractivity contribution in [2.45, 2.75) is 17.0 Å². The van der Waals surface area contributed by atoms with Gasteiger partial charge < -0.3 is 10.8 Å². The maximum absolute atomic E-state index is 12.2. The van der Waals surface area contributed by atoms with Gasteiger partial charge in [0.2, 0.25) is 0 Å². The van der Waals surface area contributed by atoms with Gasteiger partial charge in [0.15, 0.2) is 0 Å². The largest absolute Gasteiger partial charge is 0.387 e. The Bertz CT molecular complexity index is 309. The molecule has 2 atom stereocenters. The molecule has 4 nitrogen and oxygen atoms in total. The topological polar surface area (TPSA) is 64.7 Å². The molecule has 16 heavy (non-hydrogen) atoms. The maximum atomic E-state index is 12.2. The fourth-order valence-electron chi connectivity index (χ4n) is 1.13. The van der Waals surface area contributed by atoms with Crippen molar-refractivity contribution in [3.63, 3.8) is 0 Å². The summed E-state index contributed by atoms with van der Waals surface area (Å²) in [7, 11) is 1.41. The van der Waals surface area contributed by atoms with Crippen LogP contribution in [0.2, 0.25) is 0 Å². The summed E-state index contributed by atoms with van der Waals surface area (Å²) in [5.74, 6) is 0. The molecule has 0 radical (unpaired) electrons. The highest BCUT2D eigenvalue weighted by atomic mass is 32.2. The average Bonchev–Trinajstić information content (AvgIpc) is 2.35. The first kappa shape index (κ1) is 13.4. The summed E-state index contributed by atoms with van der Waals surface area (Å²) in [5, 5.41) is 9.63. The zero-order valence-electron chi connectivity index (χ0n) is 8.80. The highest BCUT2D eigenvalue weighted by Crippen LogP contribution is 2.22. The Morgan fingerprint density at radius 2 is 2.06 bits per heavy atom. The minimum Gasteiger partial charge on any atom is -0.387 e. The van der Waals surface area contributed by atoms with Crippen molar-refractivity contribution in [1.29, 1.82) is 0 Å². The molecular formula is C10H14FNO3S. The SMILES string of the molecule is COOSc1ccc([C@@H](O)[C@H](N)CF)cc1. The highest BCUT2D eigenvalue weighted by Gasteiger charge is 2.16. The van der Waals surface area contributed by atoms with Crippen molar-refractivity contribution in [1.82, 2.24) is 0 Å². The van der Waals surface area contributed by atoms with Crippen LogP contribution in [-0.4, -0.2) is 24.9 Å². The van der Waals surface area contributed by atoms with Gasteiger partial charge in [-0.05, 0) is 17.7 Å². The Balaban J connectivity index is 2.63. The molecule has 0 aliphatic rings. The Labute approximate surface area is 97.7 Å². The zero-order chi connectivity index (χ0) is 12.0. The number of rotatable bonds is 6. The van der Waals surface area contributed by atoms with E-state index in [0.717, 1.165) is 16.9 Å². The lowest BCUT2D eigenvalue weighted by Crippen LogP contribution is -2.30. The second-order valence-electron chi connectivity index (χ2n) is 3.15. The van der Waals surface area contributed by atoms with Gasteiger partial charge in [-0.15, -0.1) is 0 Å². The lowest BCUT2D eigenvalue weighted by molar-refractivity contribution is -0.160. The molecule has 0 fully saturated rings. The third-order valence-electron chi connectivity index (χ3n) is 2.00. The Hall–Kier alpha value is -0.660. The number of aliphatic hydroxyl groups excluding tert-OH is 1. The van der Waals surface area contributed by atoms with E-state index in [1.165, 1.54) is 7.11 Å². The Kier molecular flexibility index (Phi) is 5.72. The normalized spacial score (nSPS) is 14.8. The van der Waals surface area contributed by atoms with Crippen molar-refractivity contribution in [2.24, 2.45) is 5.73 Å². The van der Waals surface area contributed by atoms with E-state index in [9.17, 15) is 9.50 Å². The molecule has 0 bridgehead atoms. The van der Waals surface area contributed by atoms with E-state index in [1.807, 2.05) is 0 Å². The van der Waals surface area contributed by atoms with Crippen LogP contribution in [0.15, 0.2) is 29.2 Å². The van der Waals surface area contributed by atoms with Gasteiger partial charge in [-0.2, -0.15) is 4.33 Å². The fraction of sp³-hybridized carbons (Fsp3) is 0.400. The van der Waals surface area contributed by atoms with E-state index < -0.39 is 18.8 Å². The summed E-state index contributed by atoms with van der Waals surface area (Å²) in [5.41, 5.74) is 5.97. The van der Waals surface area contributed by atoms with Crippen molar-refractivity contribution in [3.05, 3.63) is 29.8 Å². The molecule has 90 valence electrons. The number of nitrogens with two attached hydrogens (primary N) is 1. The first-order chi connectivity index (χ1) is 7.69. The summed E-state index contributed by atoms with van der Waals surface area (Å²) in [4.78, 5) is 5.23. The van der Waals surface area contributed by atoms with Gasteiger partial charge >= 0.3 is 0 Å². The molecule has 1 rings (SSSR count). The number of aliphatic hydroxyl groups is 1. The van der Waals surface area contributed by atoms with Gasteiger partial charge in [0.1, 0.15) is 6.67 Å². The molecule has 0 saturated carbocycles. The molecule has 0 amide bonds. The van der Waals surface area contributed by atoms with Crippen LogP contribution in [0.4, 0.5) is 4.39 Å². The molecule has 1 aromatic carbocycles. The zero-order valence-corrected chi connectivity index (χ0v) is 9.61. The minimum absolute atomic E-state index is 0.576. The Morgan fingerprint density at radius 1 is 1.44 bits per heavy atom. The molecule has 0 aliphatic carbocycles. The number of halogens is 1. The molecule has 6 heteroatoms. The van der Waals surface area contributed by atoms with Gasteiger partial charge in [0.25, 0.3) is 0 Å². The van der Waals surface area contributed by atoms with Crippen molar-refractivity contribution in [2.75, 3.05) is 13.8 Å². The summed E-state index contributed by atoms with van der Waals surface area (Å²) in [6, 6.07) is 5.90. The second kappa shape index (κ2) is 6.82. The lowest BCUT2D eigenvalue weighted by atomic mass is 10.0. The molecule has 0 spiro atoms. The number of hydrogen-bond acceptors (Lipinski definition) is 5. The quantitative estimate of drug-likeness (QED) is 0.454. The van der Waals surface area contributed by atoms with E-state index in [4.69, 9.17) is 5.73 Å². The summed E-state index contributed by atoms with van der Waals surface area (Å²) < 4.78 is 16.9. The van der Waals surface area contributed by atoms with E-state index in [2.05, 4.69) is 9.22 Å². The van der Waals surface area contributed by atoms with Crippen LogP contribution < -0.4 is 5.73 Å². The molecular weight excluding hydrogens is 233 g/mol. The Morgan fingerprint density at radius 3 is 2.56 bits per heavy atom. The van der Waals surface area contributed by atoms with Gasteiger partial charge in [0, 0.05) is 4.90 Å². The first-order valence-electron chi connectivity index (χ1n) is 4.66. The van der Waals surface area contributed by atoms with E-state index in [-0.39, 0.29) is 0 Å². The van der Waals surface area contributed by atoms with E-state index in [1.54, 1.807) is 24.3 Å². The van der Waals surface area contributed by atoms with Crippen LogP contribution in [0.5, 0.6) is 0 Å². The third-order valence-corrected chi connectivity index (χ3v) is 2.67. The van der Waals surface area contributed by atoms with E-state index in [0.29, 0.717) is 5.56 Å². The van der Waals surface area contributed by atoms with Crippen molar-refractivity contribution >= 4 is 12.0 Å². The first-order valence-corrected chi connectivity index (χ1v) is 5.40. The molecule has 0 heterocycles. The number of alkyl halides is 1. The van der Waals surface area contributed by atoms with Crippen LogP contribution in [0.3, 0.4) is 0 Å². The standard InChI is InChI=1S/C10H14FNO3S/c1-14-15-16-8-4-2-7(3-5-8)10(13)9(12)6-11/h2-5,9-10,13H,6,12H2,1H3/t9-,10-/m1/s1. The highest BCUT2D eigenvalue weighted by molar-refractivity contribution is 7.94. The van der Waals surface area contributed by atoms with Crippen LogP contribution in [0, 0.1) is 0 Å². The minimum atomic E-state index is -0.993. The predicted molar refractivity (Wildman–Crippen MR) is 59.3 cm³/mol. The maximum Gasteiger partial charge on any atom is 0.107 e. The molecule has 0 saturated heterocycles. The van der Waals surface area contributed by atoms with Gasteiger partial charge in [-0.1, -0.05) is 12.1 Å². The van der Waals surface area contributed by atoms with Gasteiger partial charge in [-0.3, -0.25) is 0 Å². The fourth-order valence-corrected chi connectivity index (χ4v) is 1.52. The van der Waals surface area contributed by atoms with Crippen LogP contribution in [0.25, 0.3) is 0 Å². The summed E-state index contributed by atoms with van der Waals surface area (Å²) in [6.45, 7) is -0.759. The third kappa shape index (κ3) is 3.73. The van der Waals surface area contributed by atoms with E-state index >= 15 is 0 Å². The monoisotopic (exact) mass is 247 g/mol. The van der Waals surface area contributed by atoms with Crippen LogP contribution >= 0.6 is 12.0 Å². The van der Waals surface area contributed by atoms with Crippen LogP contribution in [-0.2, 0) is 9.22 Å². The molecule has 1 aromatic rings. The predicted octanol–water partition coefficient (Wildman–Crippen LogP) is 1.60.